The van der Waals surface area contributed by atoms with E-state index in [0.717, 1.165) is 23.2 Å². The zero-order valence-corrected chi connectivity index (χ0v) is 12.1. The van der Waals surface area contributed by atoms with Crippen LogP contribution >= 0.6 is 0 Å². The summed E-state index contributed by atoms with van der Waals surface area (Å²) in [5.41, 5.74) is 3.08. The Balaban J connectivity index is 2.24. The zero-order chi connectivity index (χ0) is 15.2. The topological polar surface area (TPSA) is 67.2 Å². The largest absolute Gasteiger partial charge is 0.384 e. The van der Waals surface area contributed by atoms with Crippen LogP contribution in [0.1, 0.15) is 28.5 Å². The first kappa shape index (κ1) is 14.8. The van der Waals surface area contributed by atoms with E-state index in [2.05, 4.69) is 22.3 Å². The Kier molecular flexibility index (Phi) is 4.75. The van der Waals surface area contributed by atoms with Gasteiger partial charge in [-0.25, -0.2) is 0 Å². The number of benzene rings is 1. The van der Waals surface area contributed by atoms with Crippen molar-refractivity contribution in [1.82, 2.24) is 9.78 Å². The normalized spacial score (nSPS) is 9.86. The van der Waals surface area contributed by atoms with Crippen molar-refractivity contribution < 1.29 is 9.90 Å². The molecule has 1 amide bonds. The van der Waals surface area contributed by atoms with Crippen LogP contribution in [0.15, 0.2) is 30.5 Å². The predicted molar refractivity (Wildman–Crippen MR) is 80.9 cm³/mol. The second kappa shape index (κ2) is 6.73. The molecule has 0 atom stereocenters. The second-order valence-electron chi connectivity index (χ2n) is 4.48. The van der Waals surface area contributed by atoms with Gasteiger partial charge in [-0.3, -0.25) is 9.48 Å². The van der Waals surface area contributed by atoms with Crippen LogP contribution in [-0.4, -0.2) is 27.4 Å². The number of amides is 1. The molecule has 0 radical (unpaired) electrons. The fourth-order valence-electron chi connectivity index (χ4n) is 2.01. The van der Waals surface area contributed by atoms with Gasteiger partial charge in [-0.1, -0.05) is 18.8 Å². The molecule has 5 heteroatoms. The number of hydrogen-bond donors (Lipinski definition) is 2. The van der Waals surface area contributed by atoms with Gasteiger partial charge in [-0.05, 0) is 36.2 Å². The van der Waals surface area contributed by atoms with Gasteiger partial charge in [0.1, 0.15) is 12.3 Å². The molecule has 0 fully saturated rings. The maximum atomic E-state index is 12.2. The van der Waals surface area contributed by atoms with Crippen molar-refractivity contribution in [2.45, 2.75) is 13.3 Å². The van der Waals surface area contributed by atoms with Crippen LogP contribution in [0.2, 0.25) is 0 Å². The fraction of sp³-hybridized carbons (Fsp3) is 0.250. The lowest BCUT2D eigenvalue weighted by atomic mass is 10.1. The van der Waals surface area contributed by atoms with Gasteiger partial charge in [0.2, 0.25) is 0 Å². The third-order valence-electron chi connectivity index (χ3n) is 3.10. The van der Waals surface area contributed by atoms with E-state index in [-0.39, 0.29) is 12.5 Å². The first-order valence-corrected chi connectivity index (χ1v) is 6.67. The molecule has 0 aliphatic carbocycles. The van der Waals surface area contributed by atoms with Crippen molar-refractivity contribution in [3.63, 3.8) is 0 Å². The average molecular weight is 283 g/mol. The quantitative estimate of drug-likeness (QED) is 0.840. The Morgan fingerprint density at radius 1 is 1.43 bits per heavy atom. The molecule has 0 aliphatic heterocycles. The lowest BCUT2D eigenvalue weighted by molar-refractivity contribution is 0.101. The summed E-state index contributed by atoms with van der Waals surface area (Å²) < 4.78 is 1.53. The smallest absolute Gasteiger partial charge is 0.273 e. The van der Waals surface area contributed by atoms with Gasteiger partial charge in [0.05, 0.1) is 0 Å². The summed E-state index contributed by atoms with van der Waals surface area (Å²) in [4.78, 5) is 12.2. The third kappa shape index (κ3) is 3.50. The van der Waals surface area contributed by atoms with Gasteiger partial charge in [0.15, 0.2) is 0 Å². The molecule has 2 N–H and O–H groups in total. The van der Waals surface area contributed by atoms with E-state index in [1.807, 2.05) is 25.1 Å². The van der Waals surface area contributed by atoms with Crippen molar-refractivity contribution in [1.29, 1.82) is 0 Å². The molecule has 0 saturated heterocycles. The summed E-state index contributed by atoms with van der Waals surface area (Å²) in [5.74, 6) is 5.28. The maximum absolute atomic E-state index is 12.2. The van der Waals surface area contributed by atoms with Crippen LogP contribution < -0.4 is 5.32 Å². The Morgan fingerprint density at radius 2 is 2.24 bits per heavy atom. The Bertz CT molecular complexity index is 708. The molecule has 0 aliphatic rings. The van der Waals surface area contributed by atoms with E-state index in [1.165, 1.54) is 4.68 Å². The molecule has 1 aromatic heterocycles. The lowest BCUT2D eigenvalue weighted by Crippen LogP contribution is -2.17. The number of carbonyl (C=O) groups is 1. The number of nitrogens with one attached hydrogen (secondary N) is 1. The maximum Gasteiger partial charge on any atom is 0.273 e. The van der Waals surface area contributed by atoms with E-state index < -0.39 is 0 Å². The molecule has 21 heavy (non-hydrogen) atoms. The SMILES string of the molecule is CCc1cc(C#CCO)ccc1NC(=O)c1ccnn1C. The van der Waals surface area contributed by atoms with Crippen LogP contribution in [0.25, 0.3) is 0 Å². The van der Waals surface area contributed by atoms with Crippen molar-refractivity contribution in [2.24, 2.45) is 7.05 Å². The van der Waals surface area contributed by atoms with E-state index in [0.29, 0.717) is 5.69 Å². The van der Waals surface area contributed by atoms with Gasteiger partial charge in [-0.2, -0.15) is 5.10 Å². The van der Waals surface area contributed by atoms with Crippen molar-refractivity contribution in [3.05, 3.63) is 47.3 Å². The molecule has 0 unspecified atom stereocenters. The first-order chi connectivity index (χ1) is 10.2. The van der Waals surface area contributed by atoms with E-state index in [1.54, 1.807) is 19.3 Å². The number of hydrogen-bond acceptors (Lipinski definition) is 3. The van der Waals surface area contributed by atoms with Gasteiger partial charge in [0.25, 0.3) is 5.91 Å². The summed E-state index contributed by atoms with van der Waals surface area (Å²) in [5, 5.41) is 15.6. The van der Waals surface area contributed by atoms with Crippen LogP contribution in [0, 0.1) is 11.8 Å². The molecule has 1 heterocycles. The van der Waals surface area contributed by atoms with Crippen LogP contribution in [0.3, 0.4) is 0 Å². The number of rotatable bonds is 3. The predicted octanol–water partition coefficient (Wildman–Crippen LogP) is 1.58. The van der Waals surface area contributed by atoms with Gasteiger partial charge >= 0.3 is 0 Å². The standard InChI is InChI=1S/C16H17N3O2/c1-3-13-11-12(5-4-10-20)6-7-14(13)18-16(21)15-8-9-17-19(15)2/h6-9,11,20H,3,10H2,1-2H3,(H,18,21). The molecule has 2 rings (SSSR count). The molecular weight excluding hydrogens is 266 g/mol. The minimum atomic E-state index is -0.195. The second-order valence-corrected chi connectivity index (χ2v) is 4.48. The van der Waals surface area contributed by atoms with Crippen molar-refractivity contribution in [3.8, 4) is 11.8 Å². The summed E-state index contributed by atoms with van der Waals surface area (Å²) >= 11 is 0. The van der Waals surface area contributed by atoms with Gasteiger partial charge in [0, 0.05) is 24.5 Å². The number of carbonyl (C=O) groups excluding carboxylic acids is 1. The number of nitrogens with zero attached hydrogens (tertiary/aromatic N) is 2. The van der Waals surface area contributed by atoms with E-state index in [4.69, 9.17) is 5.11 Å². The first-order valence-electron chi connectivity index (χ1n) is 6.67. The molecule has 0 bridgehead atoms. The molecule has 0 spiro atoms. The van der Waals surface area contributed by atoms with Crippen LogP contribution in [-0.2, 0) is 13.5 Å². The highest BCUT2D eigenvalue weighted by Gasteiger charge is 2.12. The highest BCUT2D eigenvalue weighted by molar-refractivity contribution is 6.03. The van der Waals surface area contributed by atoms with Crippen LogP contribution in [0.4, 0.5) is 5.69 Å². The Morgan fingerprint density at radius 3 is 2.86 bits per heavy atom. The molecule has 0 saturated carbocycles. The van der Waals surface area contributed by atoms with E-state index >= 15 is 0 Å². The van der Waals surface area contributed by atoms with E-state index in [9.17, 15) is 4.79 Å². The lowest BCUT2D eigenvalue weighted by Gasteiger charge is -2.10. The summed E-state index contributed by atoms with van der Waals surface area (Å²) in [6.07, 6.45) is 2.36. The zero-order valence-electron chi connectivity index (χ0n) is 12.1. The number of aliphatic hydroxyl groups excluding tert-OH is 1. The van der Waals surface area contributed by atoms with Gasteiger partial charge in [-0.15, -0.1) is 0 Å². The van der Waals surface area contributed by atoms with Crippen molar-refractivity contribution in [2.75, 3.05) is 11.9 Å². The molecule has 5 nitrogen and oxygen atoms in total. The van der Waals surface area contributed by atoms with Gasteiger partial charge < -0.3 is 10.4 Å². The summed E-state index contributed by atoms with van der Waals surface area (Å²) in [7, 11) is 1.73. The average Bonchev–Trinajstić information content (AvgIpc) is 2.92. The minimum absolute atomic E-state index is 0.166. The number of anilines is 1. The Labute approximate surface area is 123 Å². The minimum Gasteiger partial charge on any atom is -0.384 e. The summed E-state index contributed by atoms with van der Waals surface area (Å²) in [6.45, 7) is 1.85. The molecule has 2 aromatic rings. The number of aryl methyl sites for hydroxylation is 2. The molecule has 108 valence electrons. The fourth-order valence-corrected chi connectivity index (χ4v) is 2.01. The van der Waals surface area contributed by atoms with Crippen molar-refractivity contribution >= 4 is 11.6 Å². The Hall–Kier alpha value is -2.58. The summed E-state index contributed by atoms with van der Waals surface area (Å²) in [6, 6.07) is 7.23. The molecule has 1 aromatic carbocycles. The highest BCUT2D eigenvalue weighted by Crippen LogP contribution is 2.19. The monoisotopic (exact) mass is 283 g/mol. The number of aliphatic hydroxyl groups is 1. The van der Waals surface area contributed by atoms with Crippen LogP contribution in [0.5, 0.6) is 0 Å². The number of aromatic nitrogens is 2. The highest BCUT2D eigenvalue weighted by atomic mass is 16.2. The molecular formula is C16H17N3O2. The third-order valence-corrected chi connectivity index (χ3v) is 3.10.